The zero-order valence-corrected chi connectivity index (χ0v) is 11.1. The van der Waals surface area contributed by atoms with Crippen LogP contribution >= 0.6 is 23.2 Å². The summed E-state index contributed by atoms with van der Waals surface area (Å²) in [6, 6.07) is 13.4. The van der Waals surface area contributed by atoms with Gasteiger partial charge in [-0.05, 0) is 34.9 Å². The number of aliphatic hydroxyl groups excluding tert-OH is 1. The molecule has 0 fully saturated rings. The highest BCUT2D eigenvalue weighted by molar-refractivity contribution is 6.35. The van der Waals surface area contributed by atoms with E-state index in [2.05, 4.69) is 0 Å². The minimum Gasteiger partial charge on any atom is -0.392 e. The van der Waals surface area contributed by atoms with Gasteiger partial charge in [-0.15, -0.1) is 0 Å². The van der Waals surface area contributed by atoms with Gasteiger partial charge in [0.15, 0.2) is 0 Å². The molecule has 0 saturated carbocycles. The fourth-order valence-electron chi connectivity index (χ4n) is 1.70. The second-order valence-electron chi connectivity index (χ2n) is 3.87. The molecule has 0 heterocycles. The smallest absolute Gasteiger partial charge is 0.0615 e. The highest BCUT2D eigenvalue weighted by Gasteiger charge is 2.01. The first-order valence-corrected chi connectivity index (χ1v) is 6.28. The second kappa shape index (κ2) is 6.05. The Labute approximate surface area is 116 Å². The van der Waals surface area contributed by atoms with Crippen LogP contribution in [0.25, 0.3) is 17.2 Å². The van der Waals surface area contributed by atoms with Crippen LogP contribution in [0.3, 0.4) is 0 Å². The van der Waals surface area contributed by atoms with E-state index in [4.69, 9.17) is 28.3 Å². The van der Waals surface area contributed by atoms with Gasteiger partial charge in [0, 0.05) is 10.0 Å². The van der Waals surface area contributed by atoms with Crippen molar-refractivity contribution in [2.45, 2.75) is 0 Å². The largest absolute Gasteiger partial charge is 0.392 e. The van der Waals surface area contributed by atoms with Crippen molar-refractivity contribution in [3.05, 3.63) is 64.1 Å². The molecule has 0 aliphatic rings. The fraction of sp³-hybridized carbons (Fsp3) is 0.0667. The molecule has 0 bridgehead atoms. The predicted octanol–water partition coefficient (Wildman–Crippen LogP) is 4.67. The van der Waals surface area contributed by atoms with Gasteiger partial charge in [-0.2, -0.15) is 0 Å². The fourth-order valence-corrected chi connectivity index (χ4v) is 2.22. The molecule has 1 N–H and O–H groups in total. The minimum atomic E-state index is 0.0473. The number of hydrogen-bond acceptors (Lipinski definition) is 1. The van der Waals surface area contributed by atoms with E-state index in [-0.39, 0.29) is 6.61 Å². The highest BCUT2D eigenvalue weighted by atomic mass is 35.5. The summed E-state index contributed by atoms with van der Waals surface area (Å²) < 4.78 is 0. The number of aliphatic hydroxyl groups is 1. The van der Waals surface area contributed by atoms with E-state index in [1.54, 1.807) is 12.1 Å². The monoisotopic (exact) mass is 278 g/mol. The quantitative estimate of drug-likeness (QED) is 0.865. The van der Waals surface area contributed by atoms with Crippen LogP contribution < -0.4 is 0 Å². The molecule has 1 nitrogen and oxygen atoms in total. The topological polar surface area (TPSA) is 20.2 Å². The molecule has 2 aromatic carbocycles. The van der Waals surface area contributed by atoms with E-state index in [9.17, 15) is 0 Å². The van der Waals surface area contributed by atoms with Crippen LogP contribution in [0, 0.1) is 0 Å². The predicted molar refractivity (Wildman–Crippen MR) is 78.0 cm³/mol. The number of benzene rings is 2. The summed E-state index contributed by atoms with van der Waals surface area (Å²) in [5.41, 5.74) is 3.09. The third kappa shape index (κ3) is 3.36. The van der Waals surface area contributed by atoms with Crippen LogP contribution in [-0.2, 0) is 0 Å². The Balaban J connectivity index is 2.31. The third-order valence-electron chi connectivity index (χ3n) is 2.52. The Bertz CT molecular complexity index is 539. The van der Waals surface area contributed by atoms with Gasteiger partial charge in [0.2, 0.25) is 0 Å². The maximum atomic E-state index is 8.71. The Hall–Kier alpha value is -1.28. The molecule has 0 radical (unpaired) electrons. The summed E-state index contributed by atoms with van der Waals surface area (Å²) in [4.78, 5) is 0. The first kappa shape index (κ1) is 13.2. The van der Waals surface area contributed by atoms with Gasteiger partial charge in [0.05, 0.1) is 6.61 Å². The van der Waals surface area contributed by atoms with E-state index in [0.717, 1.165) is 16.7 Å². The van der Waals surface area contributed by atoms with E-state index in [1.165, 1.54) is 0 Å². The molecule has 0 amide bonds. The van der Waals surface area contributed by atoms with Crippen LogP contribution in [-0.4, -0.2) is 11.7 Å². The number of hydrogen-bond donors (Lipinski definition) is 1. The lowest BCUT2D eigenvalue weighted by atomic mass is 10.0. The van der Waals surface area contributed by atoms with Crippen LogP contribution in [0.15, 0.2) is 48.5 Å². The molecule has 18 heavy (non-hydrogen) atoms. The molecule has 0 aliphatic heterocycles. The highest BCUT2D eigenvalue weighted by Crippen LogP contribution is 2.27. The van der Waals surface area contributed by atoms with Gasteiger partial charge in [-0.25, -0.2) is 0 Å². The van der Waals surface area contributed by atoms with E-state index < -0.39 is 0 Å². The third-order valence-corrected chi connectivity index (χ3v) is 2.96. The zero-order chi connectivity index (χ0) is 13.0. The average Bonchev–Trinajstić information content (AvgIpc) is 2.36. The first-order chi connectivity index (χ1) is 8.69. The van der Waals surface area contributed by atoms with Gasteiger partial charge in [0.25, 0.3) is 0 Å². The zero-order valence-electron chi connectivity index (χ0n) is 9.61. The molecule has 0 saturated heterocycles. The van der Waals surface area contributed by atoms with Gasteiger partial charge < -0.3 is 5.11 Å². The molecular formula is C15H12Cl2O. The van der Waals surface area contributed by atoms with Crippen LogP contribution in [0.5, 0.6) is 0 Å². The Morgan fingerprint density at radius 3 is 2.06 bits per heavy atom. The molecule has 0 spiro atoms. The van der Waals surface area contributed by atoms with Crippen molar-refractivity contribution in [3.63, 3.8) is 0 Å². The molecule has 0 unspecified atom stereocenters. The molecule has 92 valence electrons. The van der Waals surface area contributed by atoms with Crippen molar-refractivity contribution in [3.8, 4) is 11.1 Å². The minimum absolute atomic E-state index is 0.0473. The lowest BCUT2D eigenvalue weighted by Gasteiger charge is -2.04. The number of rotatable bonds is 3. The van der Waals surface area contributed by atoms with E-state index >= 15 is 0 Å². The van der Waals surface area contributed by atoms with Gasteiger partial charge >= 0.3 is 0 Å². The lowest BCUT2D eigenvalue weighted by Crippen LogP contribution is -1.80. The summed E-state index contributed by atoms with van der Waals surface area (Å²) in [7, 11) is 0. The Kier molecular flexibility index (Phi) is 4.43. The van der Waals surface area contributed by atoms with Crippen molar-refractivity contribution in [2.75, 3.05) is 6.61 Å². The van der Waals surface area contributed by atoms with Crippen molar-refractivity contribution < 1.29 is 5.11 Å². The Morgan fingerprint density at radius 1 is 0.889 bits per heavy atom. The molecule has 3 heteroatoms. The maximum absolute atomic E-state index is 8.71. The summed E-state index contributed by atoms with van der Waals surface area (Å²) in [6.45, 7) is 0.0473. The first-order valence-electron chi connectivity index (χ1n) is 5.53. The molecule has 0 aromatic heterocycles. The summed E-state index contributed by atoms with van der Waals surface area (Å²) in [5.74, 6) is 0. The molecule has 0 aliphatic carbocycles. The van der Waals surface area contributed by atoms with Crippen LogP contribution in [0.4, 0.5) is 0 Å². The van der Waals surface area contributed by atoms with Crippen molar-refractivity contribution >= 4 is 29.3 Å². The number of halogens is 2. The average molecular weight is 279 g/mol. The Morgan fingerprint density at radius 2 is 1.50 bits per heavy atom. The van der Waals surface area contributed by atoms with Gasteiger partial charge in [-0.1, -0.05) is 59.6 Å². The normalized spacial score (nSPS) is 11.1. The van der Waals surface area contributed by atoms with Crippen molar-refractivity contribution in [1.82, 2.24) is 0 Å². The second-order valence-corrected chi connectivity index (χ2v) is 4.74. The van der Waals surface area contributed by atoms with Gasteiger partial charge in [0.1, 0.15) is 0 Å². The van der Waals surface area contributed by atoms with E-state index in [0.29, 0.717) is 10.0 Å². The summed E-state index contributed by atoms with van der Waals surface area (Å²) in [6.07, 6.45) is 3.57. The lowest BCUT2D eigenvalue weighted by molar-refractivity contribution is 0.343. The summed E-state index contributed by atoms with van der Waals surface area (Å²) >= 11 is 12.0. The maximum Gasteiger partial charge on any atom is 0.0615 e. The molecular weight excluding hydrogens is 267 g/mol. The molecule has 0 atom stereocenters. The van der Waals surface area contributed by atoms with Crippen molar-refractivity contribution in [2.24, 2.45) is 0 Å². The molecule has 2 rings (SSSR count). The van der Waals surface area contributed by atoms with E-state index in [1.807, 2.05) is 42.5 Å². The standard InChI is InChI=1S/C15H12Cl2O/c16-14-8-13(9-15(17)10-14)12-5-3-11(4-6-12)2-1-7-18/h1-6,8-10,18H,7H2/b2-1+. The SMILES string of the molecule is OC/C=C/c1ccc(-c2cc(Cl)cc(Cl)c2)cc1. The van der Waals surface area contributed by atoms with Crippen molar-refractivity contribution in [1.29, 1.82) is 0 Å². The molecule has 2 aromatic rings. The summed E-state index contributed by atoms with van der Waals surface area (Å²) in [5, 5.41) is 9.96. The van der Waals surface area contributed by atoms with Crippen LogP contribution in [0.2, 0.25) is 10.0 Å². The van der Waals surface area contributed by atoms with Crippen LogP contribution in [0.1, 0.15) is 5.56 Å². The van der Waals surface area contributed by atoms with Gasteiger partial charge in [-0.3, -0.25) is 0 Å².